The van der Waals surface area contributed by atoms with E-state index in [0.717, 1.165) is 5.92 Å². The normalized spacial score (nSPS) is 20.8. The van der Waals surface area contributed by atoms with Crippen LogP contribution < -0.4 is 5.32 Å². The molecule has 1 heteroatoms. The molecule has 0 atom stereocenters. The Balaban J connectivity index is 2.28. The number of rotatable bonds is 4. The van der Waals surface area contributed by atoms with Gasteiger partial charge in [-0.25, -0.2) is 0 Å². The Labute approximate surface area is 83.3 Å². The number of hydrogen-bond acceptors (Lipinski definition) is 1. The largest absolute Gasteiger partial charge is 0.312 e. The summed E-state index contributed by atoms with van der Waals surface area (Å²) in [6.07, 6.45) is 4.28. The maximum absolute atomic E-state index is 3.63. The van der Waals surface area contributed by atoms with E-state index in [2.05, 4.69) is 39.9 Å². The maximum atomic E-state index is 3.63. The van der Waals surface area contributed by atoms with Crippen LogP contribution in [-0.4, -0.2) is 12.1 Å². The summed E-state index contributed by atoms with van der Waals surface area (Å²) in [5, 5.41) is 3.63. The Morgan fingerprint density at radius 1 is 1.23 bits per heavy atom. The van der Waals surface area contributed by atoms with Gasteiger partial charge < -0.3 is 5.32 Å². The molecule has 0 aromatic rings. The minimum atomic E-state index is 0.284. The minimum absolute atomic E-state index is 0.284. The molecule has 78 valence electrons. The summed E-state index contributed by atoms with van der Waals surface area (Å²) < 4.78 is 0. The summed E-state index contributed by atoms with van der Waals surface area (Å²) in [6.45, 7) is 12.6. The molecule has 0 amide bonds. The fourth-order valence-electron chi connectivity index (χ4n) is 1.95. The monoisotopic (exact) mass is 183 g/mol. The molecule has 0 aliphatic heterocycles. The van der Waals surface area contributed by atoms with E-state index in [4.69, 9.17) is 0 Å². The lowest BCUT2D eigenvalue weighted by Gasteiger charge is -2.26. The molecule has 0 aromatic carbocycles. The second-order valence-electron chi connectivity index (χ2n) is 6.20. The highest BCUT2D eigenvalue weighted by Gasteiger charge is 2.42. The van der Waals surface area contributed by atoms with E-state index in [-0.39, 0.29) is 5.54 Å². The van der Waals surface area contributed by atoms with Crippen molar-refractivity contribution in [2.75, 3.05) is 6.54 Å². The fourth-order valence-corrected chi connectivity index (χ4v) is 1.95. The smallest absolute Gasteiger partial charge is 0.00967 e. The van der Waals surface area contributed by atoms with Gasteiger partial charge in [0.05, 0.1) is 0 Å². The van der Waals surface area contributed by atoms with E-state index < -0.39 is 0 Å². The third-order valence-electron chi connectivity index (χ3n) is 2.79. The van der Waals surface area contributed by atoms with Crippen molar-refractivity contribution in [2.24, 2.45) is 11.3 Å². The first-order valence-corrected chi connectivity index (χ1v) is 5.58. The van der Waals surface area contributed by atoms with E-state index in [9.17, 15) is 0 Å². The first kappa shape index (κ1) is 11.0. The molecule has 1 N–H and O–H groups in total. The van der Waals surface area contributed by atoms with E-state index >= 15 is 0 Å². The molecule has 0 heterocycles. The number of nitrogens with one attached hydrogen (secondary N) is 1. The van der Waals surface area contributed by atoms with Gasteiger partial charge in [-0.1, -0.05) is 13.8 Å². The molecule has 1 nitrogen and oxygen atoms in total. The summed E-state index contributed by atoms with van der Waals surface area (Å²) in [5.41, 5.74) is 0.952. The summed E-state index contributed by atoms with van der Waals surface area (Å²) in [4.78, 5) is 0. The quantitative estimate of drug-likeness (QED) is 0.706. The fraction of sp³-hybridized carbons (Fsp3) is 1.00. The summed E-state index contributed by atoms with van der Waals surface area (Å²) in [5.74, 6) is 0.851. The first-order chi connectivity index (χ1) is 5.83. The Morgan fingerprint density at radius 3 is 2.08 bits per heavy atom. The highest BCUT2D eigenvalue weighted by molar-refractivity contribution is 4.96. The highest BCUT2D eigenvalue weighted by Crippen LogP contribution is 2.50. The van der Waals surface area contributed by atoms with Crippen LogP contribution in [0.4, 0.5) is 0 Å². The average Bonchev–Trinajstić information content (AvgIpc) is 2.63. The van der Waals surface area contributed by atoms with Crippen LogP contribution in [0.5, 0.6) is 0 Å². The van der Waals surface area contributed by atoms with Crippen LogP contribution in [0.25, 0.3) is 0 Å². The molecule has 1 rings (SSSR count). The molecule has 0 unspecified atom stereocenters. The standard InChI is InChI=1S/C12H25N/c1-10(2)8-12(6-7-12)9-13-11(3,4)5/h10,13H,6-9H2,1-5H3. The van der Waals surface area contributed by atoms with Crippen LogP contribution in [0.2, 0.25) is 0 Å². The average molecular weight is 183 g/mol. The first-order valence-electron chi connectivity index (χ1n) is 5.58. The highest BCUT2D eigenvalue weighted by atomic mass is 15.0. The summed E-state index contributed by atoms with van der Waals surface area (Å²) in [7, 11) is 0. The van der Waals surface area contributed by atoms with Gasteiger partial charge in [-0.05, 0) is 51.4 Å². The Hall–Kier alpha value is -0.0400. The lowest BCUT2D eigenvalue weighted by atomic mass is 9.93. The predicted octanol–water partition coefficient (Wildman–Crippen LogP) is 3.20. The van der Waals surface area contributed by atoms with Gasteiger partial charge >= 0.3 is 0 Å². The van der Waals surface area contributed by atoms with Gasteiger partial charge in [0.15, 0.2) is 0 Å². The van der Waals surface area contributed by atoms with Gasteiger partial charge in [0.1, 0.15) is 0 Å². The molecule has 0 radical (unpaired) electrons. The van der Waals surface area contributed by atoms with E-state index in [0.29, 0.717) is 5.41 Å². The lowest BCUT2D eigenvalue weighted by Crippen LogP contribution is -2.40. The summed E-state index contributed by atoms with van der Waals surface area (Å²) >= 11 is 0. The second-order valence-corrected chi connectivity index (χ2v) is 6.20. The predicted molar refractivity (Wildman–Crippen MR) is 58.9 cm³/mol. The van der Waals surface area contributed by atoms with E-state index in [1.807, 2.05) is 0 Å². The SMILES string of the molecule is CC(C)CC1(CNC(C)(C)C)CC1. The topological polar surface area (TPSA) is 12.0 Å². The molecule has 13 heavy (non-hydrogen) atoms. The van der Waals surface area contributed by atoms with Gasteiger partial charge in [-0.3, -0.25) is 0 Å². The molecule has 0 saturated heterocycles. The van der Waals surface area contributed by atoms with Crippen LogP contribution in [0.3, 0.4) is 0 Å². The van der Waals surface area contributed by atoms with E-state index in [1.54, 1.807) is 0 Å². The number of hydrogen-bond donors (Lipinski definition) is 1. The maximum Gasteiger partial charge on any atom is 0.00967 e. The Kier molecular flexibility index (Phi) is 3.06. The van der Waals surface area contributed by atoms with Crippen LogP contribution in [0, 0.1) is 11.3 Å². The van der Waals surface area contributed by atoms with Crippen LogP contribution in [0.15, 0.2) is 0 Å². The van der Waals surface area contributed by atoms with Crippen molar-refractivity contribution in [1.82, 2.24) is 5.32 Å². The molecule has 0 aromatic heterocycles. The molecule has 0 spiro atoms. The third kappa shape index (κ3) is 4.12. The molecule has 1 saturated carbocycles. The van der Waals surface area contributed by atoms with Gasteiger partial charge in [0, 0.05) is 12.1 Å². The van der Waals surface area contributed by atoms with Gasteiger partial charge in [0.25, 0.3) is 0 Å². The van der Waals surface area contributed by atoms with Gasteiger partial charge in [-0.15, -0.1) is 0 Å². The van der Waals surface area contributed by atoms with Crippen molar-refractivity contribution in [3.63, 3.8) is 0 Å². The van der Waals surface area contributed by atoms with Crippen molar-refractivity contribution in [3.8, 4) is 0 Å². The second kappa shape index (κ2) is 3.61. The zero-order valence-corrected chi connectivity index (χ0v) is 9.91. The molecule has 0 bridgehead atoms. The van der Waals surface area contributed by atoms with E-state index in [1.165, 1.54) is 25.8 Å². The van der Waals surface area contributed by atoms with Crippen molar-refractivity contribution in [3.05, 3.63) is 0 Å². The zero-order chi connectivity index (χ0) is 10.1. The van der Waals surface area contributed by atoms with Gasteiger partial charge in [-0.2, -0.15) is 0 Å². The third-order valence-corrected chi connectivity index (χ3v) is 2.79. The van der Waals surface area contributed by atoms with Crippen molar-refractivity contribution >= 4 is 0 Å². The molecule has 1 fully saturated rings. The lowest BCUT2D eigenvalue weighted by molar-refractivity contribution is 0.316. The molecular weight excluding hydrogens is 158 g/mol. The molecule has 1 aliphatic rings. The van der Waals surface area contributed by atoms with Crippen LogP contribution in [-0.2, 0) is 0 Å². The zero-order valence-electron chi connectivity index (χ0n) is 9.91. The molecular formula is C12H25N. The Morgan fingerprint density at radius 2 is 1.77 bits per heavy atom. The van der Waals surface area contributed by atoms with Crippen molar-refractivity contribution < 1.29 is 0 Å². The van der Waals surface area contributed by atoms with Crippen molar-refractivity contribution in [2.45, 2.75) is 59.4 Å². The van der Waals surface area contributed by atoms with Crippen molar-refractivity contribution in [1.29, 1.82) is 0 Å². The summed E-state index contributed by atoms with van der Waals surface area (Å²) in [6, 6.07) is 0. The van der Waals surface area contributed by atoms with Crippen LogP contribution >= 0.6 is 0 Å². The van der Waals surface area contributed by atoms with Gasteiger partial charge in [0.2, 0.25) is 0 Å². The minimum Gasteiger partial charge on any atom is -0.312 e. The Bertz CT molecular complexity index is 160. The van der Waals surface area contributed by atoms with Crippen LogP contribution in [0.1, 0.15) is 53.9 Å². The molecule has 1 aliphatic carbocycles.